The third kappa shape index (κ3) is 7.29. The van der Waals surface area contributed by atoms with Crippen molar-refractivity contribution in [2.45, 2.75) is 52.5 Å². The summed E-state index contributed by atoms with van der Waals surface area (Å²) in [6.45, 7) is 7.46. The fourth-order valence-corrected chi connectivity index (χ4v) is 4.07. The van der Waals surface area contributed by atoms with Crippen LogP contribution in [0.2, 0.25) is 0 Å². The predicted octanol–water partition coefficient (Wildman–Crippen LogP) is 5.75. The van der Waals surface area contributed by atoms with Gasteiger partial charge in [-0.1, -0.05) is 25.1 Å². The van der Waals surface area contributed by atoms with Crippen molar-refractivity contribution in [2.75, 3.05) is 13.2 Å². The number of hydrogen-bond acceptors (Lipinski definition) is 6. The number of rotatable bonds is 13. The molecule has 0 saturated carbocycles. The molecular formula is C29H34FN3O4. The SMILES string of the molecule is CCc1nn(-c2ccc(F)cc2)c(Oc2ccccc2)c1CN(Cc1ccco1)C[C@@H](O)COC(C)C. The molecule has 4 rings (SSSR count). The molecule has 2 heterocycles. The zero-order valence-electron chi connectivity index (χ0n) is 21.5. The Labute approximate surface area is 217 Å². The number of halogens is 1. The Kier molecular flexibility index (Phi) is 9.11. The van der Waals surface area contributed by atoms with E-state index in [1.54, 1.807) is 23.1 Å². The summed E-state index contributed by atoms with van der Waals surface area (Å²) < 4.78 is 33.0. The number of furan rings is 1. The van der Waals surface area contributed by atoms with Gasteiger partial charge in [0.15, 0.2) is 0 Å². The molecule has 2 aromatic heterocycles. The first-order chi connectivity index (χ1) is 17.9. The van der Waals surface area contributed by atoms with Gasteiger partial charge in [-0.05, 0) is 68.8 Å². The molecule has 0 bridgehead atoms. The molecule has 4 aromatic rings. The topological polar surface area (TPSA) is 72.9 Å². The smallest absolute Gasteiger partial charge is 0.227 e. The quantitative estimate of drug-likeness (QED) is 0.249. The van der Waals surface area contributed by atoms with Gasteiger partial charge in [0.05, 0.1) is 48.6 Å². The van der Waals surface area contributed by atoms with Crippen molar-refractivity contribution in [3.05, 3.63) is 95.8 Å². The van der Waals surface area contributed by atoms with Gasteiger partial charge in [0.1, 0.15) is 17.3 Å². The third-order valence-corrected chi connectivity index (χ3v) is 5.82. The lowest BCUT2D eigenvalue weighted by Gasteiger charge is -2.25. The molecule has 0 unspecified atom stereocenters. The summed E-state index contributed by atoms with van der Waals surface area (Å²) in [6.07, 6.45) is 1.65. The minimum atomic E-state index is -0.687. The normalized spacial score (nSPS) is 12.4. The maximum atomic E-state index is 13.7. The second-order valence-corrected chi connectivity index (χ2v) is 9.17. The van der Waals surface area contributed by atoms with Crippen LogP contribution in [0.1, 0.15) is 37.8 Å². The number of aryl methyl sites for hydroxylation is 1. The van der Waals surface area contributed by atoms with Crippen molar-refractivity contribution in [3.8, 4) is 17.3 Å². The van der Waals surface area contributed by atoms with Crippen molar-refractivity contribution in [1.29, 1.82) is 0 Å². The van der Waals surface area contributed by atoms with E-state index in [9.17, 15) is 9.50 Å². The van der Waals surface area contributed by atoms with Gasteiger partial charge in [-0.25, -0.2) is 9.07 Å². The van der Waals surface area contributed by atoms with Gasteiger partial charge in [0, 0.05) is 13.1 Å². The van der Waals surface area contributed by atoms with Crippen LogP contribution in [0.3, 0.4) is 0 Å². The first-order valence-corrected chi connectivity index (χ1v) is 12.6. The van der Waals surface area contributed by atoms with Crippen molar-refractivity contribution in [1.82, 2.24) is 14.7 Å². The molecule has 1 atom stereocenters. The number of nitrogens with zero attached hydrogens (tertiary/aromatic N) is 3. The lowest BCUT2D eigenvalue weighted by molar-refractivity contribution is -0.0115. The number of ether oxygens (including phenoxy) is 2. The molecule has 0 saturated heterocycles. The number of aromatic nitrogens is 2. The van der Waals surface area contributed by atoms with Gasteiger partial charge in [-0.2, -0.15) is 5.10 Å². The molecule has 2 aromatic carbocycles. The summed E-state index contributed by atoms with van der Waals surface area (Å²) in [5, 5.41) is 15.6. The Balaban J connectivity index is 1.71. The van der Waals surface area contributed by atoms with E-state index < -0.39 is 6.10 Å². The Morgan fingerprint density at radius 1 is 1.03 bits per heavy atom. The second-order valence-electron chi connectivity index (χ2n) is 9.17. The predicted molar refractivity (Wildman–Crippen MR) is 139 cm³/mol. The van der Waals surface area contributed by atoms with Gasteiger partial charge in [-0.15, -0.1) is 0 Å². The Bertz CT molecular complexity index is 1220. The average molecular weight is 508 g/mol. The zero-order valence-corrected chi connectivity index (χ0v) is 21.5. The van der Waals surface area contributed by atoms with E-state index in [1.165, 1.54) is 12.1 Å². The maximum Gasteiger partial charge on any atom is 0.227 e. The van der Waals surface area contributed by atoms with Gasteiger partial charge in [0.25, 0.3) is 0 Å². The number of benzene rings is 2. The minimum absolute atomic E-state index is 0.0275. The Hall–Kier alpha value is -3.46. The summed E-state index contributed by atoms with van der Waals surface area (Å²) in [5.74, 6) is 1.68. The average Bonchev–Trinajstić information content (AvgIpc) is 3.52. The van der Waals surface area contributed by atoms with Crippen molar-refractivity contribution in [3.63, 3.8) is 0 Å². The molecule has 0 radical (unpaired) electrons. The van der Waals surface area contributed by atoms with Crippen LogP contribution < -0.4 is 4.74 Å². The first kappa shape index (κ1) is 26.6. The fraction of sp³-hybridized carbons (Fsp3) is 0.345. The summed E-state index contributed by atoms with van der Waals surface area (Å²) in [5.41, 5.74) is 2.43. The molecule has 7 nitrogen and oxygen atoms in total. The lowest BCUT2D eigenvalue weighted by atomic mass is 10.1. The van der Waals surface area contributed by atoms with Crippen LogP contribution in [0.25, 0.3) is 5.69 Å². The lowest BCUT2D eigenvalue weighted by Crippen LogP contribution is -2.35. The summed E-state index contributed by atoms with van der Waals surface area (Å²) in [7, 11) is 0. The van der Waals surface area contributed by atoms with Gasteiger partial charge in [-0.3, -0.25) is 4.90 Å². The largest absolute Gasteiger partial charge is 0.468 e. The molecule has 37 heavy (non-hydrogen) atoms. The van der Waals surface area contributed by atoms with Crippen LogP contribution in [0.4, 0.5) is 4.39 Å². The molecule has 0 aliphatic rings. The third-order valence-electron chi connectivity index (χ3n) is 5.82. The monoisotopic (exact) mass is 507 g/mol. The molecule has 0 fully saturated rings. The Morgan fingerprint density at radius 3 is 2.43 bits per heavy atom. The van der Waals surface area contributed by atoms with Crippen LogP contribution in [0.15, 0.2) is 77.4 Å². The van der Waals surface area contributed by atoms with Gasteiger partial charge in [0.2, 0.25) is 5.88 Å². The van der Waals surface area contributed by atoms with Crippen LogP contribution in [-0.2, 0) is 24.2 Å². The summed E-state index contributed by atoms with van der Waals surface area (Å²) in [6, 6.07) is 19.4. The molecule has 0 aliphatic carbocycles. The zero-order chi connectivity index (χ0) is 26.2. The van der Waals surface area contributed by atoms with E-state index in [0.717, 1.165) is 17.0 Å². The van der Waals surface area contributed by atoms with Crippen LogP contribution in [0.5, 0.6) is 11.6 Å². The van der Waals surface area contributed by atoms with E-state index in [-0.39, 0.29) is 18.5 Å². The summed E-state index contributed by atoms with van der Waals surface area (Å²) >= 11 is 0. The molecule has 0 amide bonds. The number of aliphatic hydroxyl groups excluding tert-OH is 1. The van der Waals surface area contributed by atoms with Crippen molar-refractivity contribution >= 4 is 0 Å². The van der Waals surface area contributed by atoms with Crippen LogP contribution in [0, 0.1) is 5.82 Å². The number of hydrogen-bond donors (Lipinski definition) is 1. The molecule has 196 valence electrons. The highest BCUT2D eigenvalue weighted by atomic mass is 19.1. The van der Waals surface area contributed by atoms with Gasteiger partial charge >= 0.3 is 0 Å². The standard InChI is InChI=1S/C29H34FN3O4/c1-4-28-27(19-32(18-26-11-8-16-35-26)17-24(34)20-36-21(2)3)29(37-25-9-6-5-7-10-25)33(31-28)23-14-12-22(30)13-15-23/h5-16,21,24,34H,4,17-20H2,1-3H3/t24-/m1/s1. The fourth-order valence-electron chi connectivity index (χ4n) is 4.07. The van der Waals surface area contributed by atoms with Gasteiger partial charge < -0.3 is 19.0 Å². The van der Waals surface area contributed by atoms with E-state index >= 15 is 0 Å². The summed E-state index contributed by atoms with van der Waals surface area (Å²) in [4.78, 5) is 2.09. The molecule has 0 aliphatic heterocycles. The molecular weight excluding hydrogens is 473 g/mol. The van der Waals surface area contributed by atoms with E-state index in [1.807, 2.05) is 63.2 Å². The highest BCUT2D eigenvalue weighted by Gasteiger charge is 2.24. The minimum Gasteiger partial charge on any atom is -0.468 e. The first-order valence-electron chi connectivity index (χ1n) is 12.6. The molecule has 8 heteroatoms. The van der Waals surface area contributed by atoms with Crippen molar-refractivity contribution in [2.24, 2.45) is 0 Å². The molecule has 1 N–H and O–H groups in total. The van der Waals surface area contributed by atoms with Crippen LogP contribution in [-0.4, -0.2) is 45.1 Å². The number of aliphatic hydroxyl groups is 1. The molecule has 0 spiro atoms. The van der Waals surface area contributed by atoms with E-state index in [4.69, 9.17) is 19.0 Å². The van der Waals surface area contributed by atoms with Crippen LogP contribution >= 0.6 is 0 Å². The maximum absolute atomic E-state index is 13.7. The van der Waals surface area contributed by atoms with E-state index in [0.29, 0.717) is 43.4 Å². The second kappa shape index (κ2) is 12.7. The highest BCUT2D eigenvalue weighted by molar-refractivity contribution is 5.44. The van der Waals surface area contributed by atoms with Crippen molar-refractivity contribution < 1.29 is 23.4 Å². The van der Waals surface area contributed by atoms with E-state index in [2.05, 4.69) is 4.90 Å². The Morgan fingerprint density at radius 2 is 1.78 bits per heavy atom. The highest BCUT2D eigenvalue weighted by Crippen LogP contribution is 2.32. The number of para-hydroxylation sites is 1.